The Labute approximate surface area is 139 Å². The summed E-state index contributed by atoms with van der Waals surface area (Å²) in [4.78, 5) is 14.6. The largest absolute Gasteiger partial charge is 0.481 e. The minimum Gasteiger partial charge on any atom is -0.481 e. The summed E-state index contributed by atoms with van der Waals surface area (Å²) in [6.45, 7) is 2.56. The van der Waals surface area contributed by atoms with E-state index in [1.54, 1.807) is 0 Å². The monoisotopic (exact) mass is 359 g/mol. The van der Waals surface area contributed by atoms with E-state index in [9.17, 15) is 4.79 Å². The molecule has 1 heterocycles. The number of hydrogen-bond donors (Lipinski definition) is 0. The van der Waals surface area contributed by atoms with Crippen LogP contribution in [0.1, 0.15) is 18.9 Å². The molecule has 3 nitrogen and oxygen atoms in total. The fraction of sp³-hybridized carbons (Fsp3) is 0.278. The third kappa shape index (κ3) is 3.17. The lowest BCUT2D eigenvalue weighted by Gasteiger charge is -2.31. The van der Waals surface area contributed by atoms with Crippen LogP contribution in [-0.2, 0) is 11.2 Å². The van der Waals surface area contributed by atoms with Crippen LogP contribution in [0.25, 0.3) is 0 Å². The quantitative estimate of drug-likeness (QED) is 0.821. The number of aryl methyl sites for hydroxylation is 1. The van der Waals surface area contributed by atoms with Gasteiger partial charge in [0.25, 0.3) is 5.91 Å². The Kier molecular flexibility index (Phi) is 4.48. The van der Waals surface area contributed by atoms with Gasteiger partial charge in [-0.2, -0.15) is 0 Å². The molecule has 1 atom stereocenters. The zero-order valence-corrected chi connectivity index (χ0v) is 14.0. The second-order valence-electron chi connectivity index (χ2n) is 5.44. The zero-order valence-electron chi connectivity index (χ0n) is 12.5. The summed E-state index contributed by atoms with van der Waals surface area (Å²) < 4.78 is 6.78. The molecule has 1 aliphatic rings. The fourth-order valence-electron chi connectivity index (χ4n) is 2.75. The highest BCUT2D eigenvalue weighted by Gasteiger charge is 2.27. The number of fused-ring (bicyclic) bond motifs is 1. The average molecular weight is 360 g/mol. The maximum absolute atomic E-state index is 12.7. The van der Waals surface area contributed by atoms with Gasteiger partial charge in [0.15, 0.2) is 6.10 Å². The van der Waals surface area contributed by atoms with E-state index in [1.165, 1.54) is 5.56 Å². The molecular formula is C18H18BrNO2. The molecular weight excluding hydrogens is 342 g/mol. The lowest BCUT2D eigenvalue weighted by Crippen LogP contribution is -2.43. The molecule has 2 aromatic rings. The van der Waals surface area contributed by atoms with Crippen molar-refractivity contribution in [2.24, 2.45) is 0 Å². The molecule has 0 saturated carbocycles. The molecule has 0 radical (unpaired) electrons. The maximum atomic E-state index is 12.7. The number of halogens is 1. The predicted octanol–water partition coefficient (Wildman–Crippen LogP) is 4.20. The van der Waals surface area contributed by atoms with Gasteiger partial charge in [-0.15, -0.1) is 0 Å². The summed E-state index contributed by atoms with van der Waals surface area (Å²) in [5, 5.41) is 0. The van der Waals surface area contributed by atoms with Crippen molar-refractivity contribution in [1.29, 1.82) is 0 Å². The minimum atomic E-state index is -0.507. The molecule has 3 rings (SSSR count). The van der Waals surface area contributed by atoms with Crippen LogP contribution in [0, 0.1) is 0 Å². The number of carbonyl (C=O) groups excluding carboxylic acids is 1. The first-order chi connectivity index (χ1) is 10.6. The van der Waals surface area contributed by atoms with Crippen molar-refractivity contribution in [1.82, 2.24) is 0 Å². The molecule has 0 N–H and O–H groups in total. The normalized spacial score (nSPS) is 15.1. The molecule has 0 bridgehead atoms. The SMILES string of the molecule is CC(Oc1ccc(Br)cc1)C(=O)N1CCCc2ccccc21. The van der Waals surface area contributed by atoms with Crippen LogP contribution >= 0.6 is 15.9 Å². The molecule has 4 heteroatoms. The molecule has 1 aliphatic heterocycles. The lowest BCUT2D eigenvalue weighted by molar-refractivity contribution is -0.124. The number of ether oxygens (including phenoxy) is 1. The molecule has 22 heavy (non-hydrogen) atoms. The van der Waals surface area contributed by atoms with E-state index in [1.807, 2.05) is 54.3 Å². The summed E-state index contributed by atoms with van der Waals surface area (Å²) in [7, 11) is 0. The van der Waals surface area contributed by atoms with Gasteiger partial charge in [0.1, 0.15) is 5.75 Å². The highest BCUT2D eigenvalue weighted by Crippen LogP contribution is 2.28. The van der Waals surface area contributed by atoms with Gasteiger partial charge < -0.3 is 9.64 Å². The van der Waals surface area contributed by atoms with Crippen molar-refractivity contribution in [3.8, 4) is 5.75 Å². The van der Waals surface area contributed by atoms with E-state index in [-0.39, 0.29) is 5.91 Å². The van der Waals surface area contributed by atoms with Gasteiger partial charge in [-0.05, 0) is 55.7 Å². The van der Waals surface area contributed by atoms with E-state index in [2.05, 4.69) is 22.0 Å². The average Bonchev–Trinajstić information content (AvgIpc) is 2.55. The summed E-state index contributed by atoms with van der Waals surface area (Å²) in [6.07, 6.45) is 1.52. The third-order valence-electron chi connectivity index (χ3n) is 3.85. The Morgan fingerprint density at radius 2 is 1.91 bits per heavy atom. The molecule has 0 fully saturated rings. The molecule has 0 spiro atoms. The first-order valence-corrected chi connectivity index (χ1v) is 8.26. The Balaban J connectivity index is 1.75. The van der Waals surface area contributed by atoms with Crippen molar-refractivity contribution in [2.75, 3.05) is 11.4 Å². The standard InChI is InChI=1S/C18H18BrNO2/c1-13(22-16-10-8-15(19)9-11-16)18(21)20-12-4-6-14-5-2-3-7-17(14)20/h2-3,5,7-11,13H,4,6,12H2,1H3. The first-order valence-electron chi connectivity index (χ1n) is 7.46. The Hall–Kier alpha value is -1.81. The van der Waals surface area contributed by atoms with Gasteiger partial charge in [0, 0.05) is 16.7 Å². The number of benzene rings is 2. The number of hydrogen-bond acceptors (Lipinski definition) is 2. The van der Waals surface area contributed by atoms with Crippen molar-refractivity contribution in [2.45, 2.75) is 25.9 Å². The Morgan fingerprint density at radius 3 is 2.68 bits per heavy atom. The second kappa shape index (κ2) is 6.53. The Bertz CT molecular complexity index is 669. The van der Waals surface area contributed by atoms with Gasteiger partial charge in [0.2, 0.25) is 0 Å². The number of para-hydroxylation sites is 1. The number of amides is 1. The van der Waals surface area contributed by atoms with Crippen LogP contribution in [0.5, 0.6) is 5.75 Å². The topological polar surface area (TPSA) is 29.5 Å². The molecule has 2 aromatic carbocycles. The van der Waals surface area contributed by atoms with Crippen molar-refractivity contribution >= 4 is 27.5 Å². The van der Waals surface area contributed by atoms with E-state index in [0.717, 1.165) is 29.5 Å². The van der Waals surface area contributed by atoms with Crippen LogP contribution in [0.2, 0.25) is 0 Å². The fourth-order valence-corrected chi connectivity index (χ4v) is 3.01. The summed E-state index contributed by atoms with van der Waals surface area (Å²) in [5.41, 5.74) is 2.25. The number of rotatable bonds is 3. The molecule has 0 aliphatic carbocycles. The lowest BCUT2D eigenvalue weighted by atomic mass is 10.0. The highest BCUT2D eigenvalue weighted by molar-refractivity contribution is 9.10. The predicted molar refractivity (Wildman–Crippen MR) is 91.3 cm³/mol. The van der Waals surface area contributed by atoms with E-state index >= 15 is 0 Å². The van der Waals surface area contributed by atoms with Gasteiger partial charge in [0.05, 0.1) is 0 Å². The van der Waals surface area contributed by atoms with Gasteiger partial charge >= 0.3 is 0 Å². The van der Waals surface area contributed by atoms with Gasteiger partial charge in [-0.25, -0.2) is 0 Å². The minimum absolute atomic E-state index is 0.00932. The molecule has 114 valence electrons. The summed E-state index contributed by atoms with van der Waals surface area (Å²) in [5.74, 6) is 0.712. The highest BCUT2D eigenvalue weighted by atomic mass is 79.9. The number of nitrogens with zero attached hydrogens (tertiary/aromatic N) is 1. The molecule has 1 amide bonds. The summed E-state index contributed by atoms with van der Waals surface area (Å²) >= 11 is 3.39. The molecule has 1 unspecified atom stereocenters. The van der Waals surface area contributed by atoms with E-state index in [0.29, 0.717) is 5.75 Å². The van der Waals surface area contributed by atoms with Crippen LogP contribution < -0.4 is 9.64 Å². The van der Waals surface area contributed by atoms with Crippen molar-refractivity contribution < 1.29 is 9.53 Å². The zero-order chi connectivity index (χ0) is 15.5. The van der Waals surface area contributed by atoms with Crippen LogP contribution in [0.4, 0.5) is 5.69 Å². The Morgan fingerprint density at radius 1 is 1.18 bits per heavy atom. The van der Waals surface area contributed by atoms with Crippen LogP contribution in [0.3, 0.4) is 0 Å². The van der Waals surface area contributed by atoms with Crippen LogP contribution in [-0.4, -0.2) is 18.6 Å². The van der Waals surface area contributed by atoms with Gasteiger partial charge in [-0.1, -0.05) is 34.1 Å². The summed E-state index contributed by atoms with van der Waals surface area (Å²) in [6, 6.07) is 15.6. The second-order valence-corrected chi connectivity index (χ2v) is 6.35. The molecule has 0 aromatic heterocycles. The maximum Gasteiger partial charge on any atom is 0.267 e. The van der Waals surface area contributed by atoms with E-state index < -0.39 is 6.10 Å². The third-order valence-corrected chi connectivity index (χ3v) is 4.38. The van der Waals surface area contributed by atoms with Crippen LogP contribution in [0.15, 0.2) is 53.0 Å². The molecule has 0 saturated heterocycles. The van der Waals surface area contributed by atoms with Gasteiger partial charge in [-0.3, -0.25) is 4.79 Å². The first kappa shape index (κ1) is 15.1. The number of anilines is 1. The van der Waals surface area contributed by atoms with Crippen molar-refractivity contribution in [3.63, 3.8) is 0 Å². The van der Waals surface area contributed by atoms with Crippen molar-refractivity contribution in [3.05, 3.63) is 58.6 Å². The smallest absolute Gasteiger partial charge is 0.267 e. The number of carbonyl (C=O) groups is 1. The van der Waals surface area contributed by atoms with E-state index in [4.69, 9.17) is 4.74 Å².